The lowest BCUT2D eigenvalue weighted by Crippen LogP contribution is -2.23. The van der Waals surface area contributed by atoms with Crippen LogP contribution in [0.5, 0.6) is 5.75 Å². The third-order valence-corrected chi connectivity index (χ3v) is 2.41. The molecule has 0 aliphatic carbocycles. The van der Waals surface area contributed by atoms with Crippen LogP contribution in [-0.2, 0) is 5.92 Å². The highest BCUT2D eigenvalue weighted by atomic mass is 19.3. The predicted molar refractivity (Wildman–Crippen MR) is 62.2 cm³/mol. The van der Waals surface area contributed by atoms with Gasteiger partial charge < -0.3 is 4.74 Å². The molecule has 0 radical (unpaired) electrons. The van der Waals surface area contributed by atoms with E-state index in [1.807, 2.05) is 0 Å². The lowest BCUT2D eigenvalue weighted by molar-refractivity contribution is -0.0467. The molecule has 0 N–H and O–H groups in total. The van der Waals surface area contributed by atoms with Gasteiger partial charge in [0.25, 0.3) is 0 Å². The second-order valence-electron chi connectivity index (χ2n) is 3.82. The van der Waals surface area contributed by atoms with E-state index in [1.165, 1.54) is 42.5 Å². The first kappa shape index (κ1) is 12.5. The van der Waals surface area contributed by atoms with Crippen molar-refractivity contribution in [3.63, 3.8) is 0 Å². The van der Waals surface area contributed by atoms with Gasteiger partial charge in [-0.1, -0.05) is 36.4 Å². The Balaban J connectivity index is 2.05. The first-order chi connectivity index (χ1) is 8.58. The van der Waals surface area contributed by atoms with E-state index in [0.717, 1.165) is 6.07 Å². The van der Waals surface area contributed by atoms with Crippen LogP contribution in [0.3, 0.4) is 0 Å². The lowest BCUT2D eigenvalue weighted by Gasteiger charge is -2.17. The zero-order chi connectivity index (χ0) is 13.0. The molecule has 0 saturated carbocycles. The molecule has 0 atom stereocenters. The Hall–Kier alpha value is -1.97. The largest absolute Gasteiger partial charge is 0.487 e. The van der Waals surface area contributed by atoms with Crippen molar-refractivity contribution < 1.29 is 17.9 Å². The van der Waals surface area contributed by atoms with Crippen molar-refractivity contribution >= 4 is 0 Å². The highest BCUT2D eigenvalue weighted by molar-refractivity contribution is 5.24. The van der Waals surface area contributed by atoms with Crippen molar-refractivity contribution in [1.82, 2.24) is 0 Å². The smallest absolute Gasteiger partial charge is 0.306 e. The standard InChI is InChI=1S/C14H11F3O/c15-12-7-4-8-13(9-12)18-10-14(16,17)11-5-2-1-3-6-11/h1-9H,10H2. The molecule has 0 heterocycles. The average Bonchev–Trinajstić information content (AvgIpc) is 2.38. The second-order valence-corrected chi connectivity index (χ2v) is 3.82. The summed E-state index contributed by atoms with van der Waals surface area (Å²) in [5.74, 6) is -3.53. The molecular formula is C14H11F3O. The highest BCUT2D eigenvalue weighted by Gasteiger charge is 2.32. The van der Waals surface area contributed by atoms with E-state index in [-0.39, 0.29) is 11.3 Å². The van der Waals surface area contributed by atoms with Crippen molar-refractivity contribution in [3.05, 3.63) is 66.0 Å². The number of rotatable bonds is 4. The van der Waals surface area contributed by atoms with E-state index in [1.54, 1.807) is 6.07 Å². The third kappa shape index (κ3) is 3.03. The van der Waals surface area contributed by atoms with Gasteiger partial charge >= 0.3 is 5.92 Å². The molecule has 0 aliphatic rings. The van der Waals surface area contributed by atoms with Crippen LogP contribution in [0, 0.1) is 5.82 Å². The SMILES string of the molecule is Fc1cccc(OCC(F)(F)c2ccccc2)c1. The zero-order valence-corrected chi connectivity index (χ0v) is 9.45. The summed E-state index contributed by atoms with van der Waals surface area (Å²) in [7, 11) is 0. The monoisotopic (exact) mass is 252 g/mol. The summed E-state index contributed by atoms with van der Waals surface area (Å²) >= 11 is 0. The Morgan fingerprint density at radius 2 is 1.67 bits per heavy atom. The fourth-order valence-electron chi connectivity index (χ4n) is 1.50. The molecule has 0 bridgehead atoms. The number of ether oxygens (including phenoxy) is 1. The molecule has 0 saturated heterocycles. The Morgan fingerprint density at radius 1 is 0.944 bits per heavy atom. The van der Waals surface area contributed by atoms with Crippen molar-refractivity contribution in [3.8, 4) is 5.75 Å². The molecule has 18 heavy (non-hydrogen) atoms. The highest BCUT2D eigenvalue weighted by Crippen LogP contribution is 2.28. The molecule has 0 unspecified atom stereocenters. The minimum Gasteiger partial charge on any atom is -0.487 e. The zero-order valence-electron chi connectivity index (χ0n) is 9.45. The van der Waals surface area contributed by atoms with Gasteiger partial charge in [0, 0.05) is 11.6 Å². The summed E-state index contributed by atoms with van der Waals surface area (Å²) in [5, 5.41) is 0. The molecule has 2 aromatic rings. The van der Waals surface area contributed by atoms with Crippen LogP contribution in [0.25, 0.3) is 0 Å². The van der Waals surface area contributed by atoms with Gasteiger partial charge in [-0.3, -0.25) is 0 Å². The van der Waals surface area contributed by atoms with E-state index in [0.29, 0.717) is 0 Å². The average molecular weight is 252 g/mol. The first-order valence-corrected chi connectivity index (χ1v) is 5.40. The van der Waals surface area contributed by atoms with Gasteiger partial charge in [-0.25, -0.2) is 4.39 Å². The van der Waals surface area contributed by atoms with E-state index in [2.05, 4.69) is 0 Å². The van der Waals surface area contributed by atoms with Crippen molar-refractivity contribution in [2.24, 2.45) is 0 Å². The van der Waals surface area contributed by atoms with Crippen molar-refractivity contribution in [1.29, 1.82) is 0 Å². The van der Waals surface area contributed by atoms with Crippen LogP contribution in [0.1, 0.15) is 5.56 Å². The third-order valence-electron chi connectivity index (χ3n) is 2.41. The topological polar surface area (TPSA) is 9.23 Å². The molecule has 2 aromatic carbocycles. The molecule has 0 aliphatic heterocycles. The molecule has 1 nitrogen and oxygen atoms in total. The Kier molecular flexibility index (Phi) is 3.55. The van der Waals surface area contributed by atoms with Gasteiger partial charge in [0.1, 0.15) is 11.6 Å². The van der Waals surface area contributed by atoms with E-state index < -0.39 is 18.3 Å². The minimum atomic E-state index is -3.10. The normalized spacial score (nSPS) is 11.3. The van der Waals surface area contributed by atoms with Gasteiger partial charge in [-0.05, 0) is 12.1 Å². The van der Waals surface area contributed by atoms with Crippen LogP contribution in [0.2, 0.25) is 0 Å². The first-order valence-electron chi connectivity index (χ1n) is 5.40. The molecule has 0 aromatic heterocycles. The van der Waals surface area contributed by atoms with E-state index >= 15 is 0 Å². The summed E-state index contributed by atoms with van der Waals surface area (Å²) in [5.41, 5.74) is -0.124. The van der Waals surface area contributed by atoms with Gasteiger partial charge in [-0.15, -0.1) is 0 Å². The van der Waals surface area contributed by atoms with Crippen LogP contribution in [0.4, 0.5) is 13.2 Å². The minimum absolute atomic E-state index is 0.0885. The maximum Gasteiger partial charge on any atom is 0.306 e. The fourth-order valence-corrected chi connectivity index (χ4v) is 1.50. The summed E-state index contributed by atoms with van der Waals surface area (Å²) in [4.78, 5) is 0. The van der Waals surface area contributed by atoms with E-state index in [4.69, 9.17) is 4.74 Å². The molecule has 0 spiro atoms. The van der Waals surface area contributed by atoms with Crippen molar-refractivity contribution in [2.75, 3.05) is 6.61 Å². The molecule has 4 heteroatoms. The van der Waals surface area contributed by atoms with Crippen LogP contribution in [-0.4, -0.2) is 6.61 Å². The fraction of sp³-hybridized carbons (Fsp3) is 0.143. The number of hydrogen-bond acceptors (Lipinski definition) is 1. The van der Waals surface area contributed by atoms with E-state index in [9.17, 15) is 13.2 Å². The maximum atomic E-state index is 13.7. The summed E-state index contributed by atoms with van der Waals surface area (Å²) < 4.78 is 45.2. The number of hydrogen-bond donors (Lipinski definition) is 0. The number of alkyl halides is 2. The maximum absolute atomic E-state index is 13.7. The van der Waals surface area contributed by atoms with Gasteiger partial charge in [0.2, 0.25) is 0 Å². The summed E-state index contributed by atoms with van der Waals surface area (Å²) in [6.45, 7) is -0.819. The number of benzene rings is 2. The Labute approximate surface area is 103 Å². The van der Waals surface area contributed by atoms with Gasteiger partial charge in [0.15, 0.2) is 6.61 Å². The number of halogens is 3. The Morgan fingerprint density at radius 3 is 2.33 bits per heavy atom. The molecule has 0 amide bonds. The summed E-state index contributed by atoms with van der Waals surface area (Å²) in [6.07, 6.45) is 0. The lowest BCUT2D eigenvalue weighted by atomic mass is 10.1. The summed E-state index contributed by atoms with van der Waals surface area (Å²) in [6, 6.07) is 12.5. The molecule has 0 fully saturated rings. The molecular weight excluding hydrogens is 241 g/mol. The van der Waals surface area contributed by atoms with Gasteiger partial charge in [-0.2, -0.15) is 8.78 Å². The van der Waals surface area contributed by atoms with Crippen molar-refractivity contribution in [2.45, 2.75) is 5.92 Å². The van der Waals surface area contributed by atoms with Gasteiger partial charge in [0.05, 0.1) is 0 Å². The quantitative estimate of drug-likeness (QED) is 0.799. The Bertz CT molecular complexity index is 511. The predicted octanol–water partition coefficient (Wildman–Crippen LogP) is 4.00. The molecule has 2 rings (SSSR count). The second kappa shape index (κ2) is 5.12. The molecule has 94 valence electrons. The van der Waals surface area contributed by atoms with Crippen LogP contribution >= 0.6 is 0 Å². The van der Waals surface area contributed by atoms with Crippen LogP contribution < -0.4 is 4.74 Å². The van der Waals surface area contributed by atoms with Crippen LogP contribution in [0.15, 0.2) is 54.6 Å².